The van der Waals surface area contributed by atoms with Gasteiger partial charge in [-0.05, 0) is 31.0 Å². The molecule has 1 fully saturated rings. The van der Waals surface area contributed by atoms with Gasteiger partial charge in [0.05, 0.1) is 10.3 Å². The average Bonchev–Trinajstić information content (AvgIpc) is 2.85. The Morgan fingerprint density at radius 3 is 2.76 bits per heavy atom. The smallest absolute Gasteiger partial charge is 0.311 e. The first kappa shape index (κ1) is 15.9. The third kappa shape index (κ3) is 2.94. The second kappa shape index (κ2) is 5.73. The van der Waals surface area contributed by atoms with Crippen molar-refractivity contribution >= 4 is 16.0 Å². The van der Waals surface area contributed by atoms with E-state index in [0.717, 1.165) is 10.4 Å². The molecular formula is C14H18FNO4S. The lowest BCUT2D eigenvalue weighted by Gasteiger charge is -2.24. The molecule has 7 heteroatoms. The van der Waals surface area contributed by atoms with Gasteiger partial charge in [-0.1, -0.05) is 19.4 Å². The Morgan fingerprint density at radius 1 is 1.48 bits per heavy atom. The van der Waals surface area contributed by atoms with Gasteiger partial charge in [0, 0.05) is 13.1 Å². The quantitative estimate of drug-likeness (QED) is 0.903. The van der Waals surface area contributed by atoms with Crippen LogP contribution < -0.4 is 0 Å². The summed E-state index contributed by atoms with van der Waals surface area (Å²) in [7, 11) is -3.85. The lowest BCUT2D eigenvalue weighted by molar-refractivity contribution is -0.148. The van der Waals surface area contributed by atoms with Gasteiger partial charge >= 0.3 is 5.97 Å². The zero-order valence-electron chi connectivity index (χ0n) is 11.8. The predicted octanol–water partition coefficient (Wildman–Crippen LogP) is 2.09. The molecule has 1 aliphatic rings. The summed E-state index contributed by atoms with van der Waals surface area (Å²) in [5.74, 6) is -1.60. The van der Waals surface area contributed by atoms with E-state index >= 15 is 0 Å². The van der Waals surface area contributed by atoms with Crippen LogP contribution in [0.2, 0.25) is 0 Å². The van der Waals surface area contributed by atoms with Crippen LogP contribution in [-0.2, 0) is 14.8 Å². The monoisotopic (exact) mass is 315 g/mol. The summed E-state index contributed by atoms with van der Waals surface area (Å²) in [5, 5.41) is 9.41. The summed E-state index contributed by atoms with van der Waals surface area (Å²) in [5.41, 5.74) is -1.03. The predicted molar refractivity (Wildman–Crippen MR) is 74.8 cm³/mol. The molecule has 0 aromatic heterocycles. The largest absolute Gasteiger partial charge is 0.481 e. The summed E-state index contributed by atoms with van der Waals surface area (Å²) in [6.07, 6.45) is 1.38. The van der Waals surface area contributed by atoms with Crippen LogP contribution in [0.5, 0.6) is 0 Å². The summed E-state index contributed by atoms with van der Waals surface area (Å²) in [6, 6.07) is 4.77. The molecule has 5 nitrogen and oxygen atoms in total. The summed E-state index contributed by atoms with van der Waals surface area (Å²) < 4.78 is 39.3. The normalized spacial score (nSPS) is 23.3. The highest BCUT2D eigenvalue weighted by Gasteiger charge is 2.47. The maximum Gasteiger partial charge on any atom is 0.311 e. The van der Waals surface area contributed by atoms with E-state index in [4.69, 9.17) is 0 Å². The first-order chi connectivity index (χ1) is 9.82. The van der Waals surface area contributed by atoms with Gasteiger partial charge < -0.3 is 5.11 Å². The van der Waals surface area contributed by atoms with Crippen LogP contribution in [0.4, 0.5) is 4.39 Å². The van der Waals surface area contributed by atoms with Crippen LogP contribution in [-0.4, -0.2) is 36.9 Å². The van der Waals surface area contributed by atoms with Crippen molar-refractivity contribution in [2.24, 2.45) is 5.41 Å². The molecular weight excluding hydrogens is 297 g/mol. The SMILES string of the molecule is CCCC1(C(=O)O)CCN(S(=O)(=O)c2cccc(F)c2)C1. The van der Waals surface area contributed by atoms with Gasteiger partial charge in [0.1, 0.15) is 5.82 Å². The molecule has 0 amide bonds. The highest BCUT2D eigenvalue weighted by atomic mass is 32.2. The molecule has 116 valence electrons. The molecule has 0 saturated carbocycles. The average molecular weight is 315 g/mol. The number of hydrogen-bond donors (Lipinski definition) is 1. The number of nitrogens with zero attached hydrogens (tertiary/aromatic N) is 1. The van der Waals surface area contributed by atoms with Gasteiger partial charge in [-0.15, -0.1) is 0 Å². The lowest BCUT2D eigenvalue weighted by Crippen LogP contribution is -2.36. The number of sulfonamides is 1. The van der Waals surface area contributed by atoms with Crippen molar-refractivity contribution in [3.63, 3.8) is 0 Å². The van der Waals surface area contributed by atoms with Crippen molar-refractivity contribution in [3.05, 3.63) is 30.1 Å². The lowest BCUT2D eigenvalue weighted by atomic mass is 9.83. The van der Waals surface area contributed by atoms with Crippen molar-refractivity contribution in [1.29, 1.82) is 0 Å². The van der Waals surface area contributed by atoms with Gasteiger partial charge in [0.15, 0.2) is 0 Å². The minimum Gasteiger partial charge on any atom is -0.481 e. The van der Waals surface area contributed by atoms with E-state index in [9.17, 15) is 22.7 Å². The second-order valence-corrected chi connectivity index (χ2v) is 7.32. The molecule has 2 rings (SSSR count). The van der Waals surface area contributed by atoms with Crippen molar-refractivity contribution in [1.82, 2.24) is 4.31 Å². The Bertz CT molecular complexity index is 646. The second-order valence-electron chi connectivity index (χ2n) is 5.38. The number of halogens is 1. The molecule has 1 aliphatic heterocycles. The van der Waals surface area contributed by atoms with E-state index in [2.05, 4.69) is 0 Å². The molecule has 1 N–H and O–H groups in total. The van der Waals surface area contributed by atoms with Gasteiger partial charge in [-0.3, -0.25) is 4.79 Å². The maximum atomic E-state index is 13.2. The number of aliphatic carboxylic acids is 1. The van der Waals surface area contributed by atoms with Crippen LogP contribution in [0.25, 0.3) is 0 Å². The fraction of sp³-hybridized carbons (Fsp3) is 0.500. The molecule has 1 aromatic carbocycles. The van der Waals surface area contributed by atoms with Crippen LogP contribution in [0, 0.1) is 11.2 Å². The number of benzene rings is 1. The highest BCUT2D eigenvalue weighted by Crippen LogP contribution is 2.38. The minimum atomic E-state index is -3.85. The Hall–Kier alpha value is -1.47. The van der Waals surface area contributed by atoms with Crippen molar-refractivity contribution < 1.29 is 22.7 Å². The first-order valence-corrected chi connectivity index (χ1v) is 8.25. The first-order valence-electron chi connectivity index (χ1n) is 6.81. The van der Waals surface area contributed by atoms with Gasteiger partial charge in [-0.2, -0.15) is 4.31 Å². The van der Waals surface area contributed by atoms with Crippen molar-refractivity contribution in [2.45, 2.75) is 31.1 Å². The van der Waals surface area contributed by atoms with Gasteiger partial charge in [0.2, 0.25) is 10.0 Å². The molecule has 1 heterocycles. The number of rotatable bonds is 5. The summed E-state index contributed by atoms with van der Waals surface area (Å²) in [6.45, 7) is 1.95. The topological polar surface area (TPSA) is 74.7 Å². The molecule has 0 aliphatic carbocycles. The molecule has 1 saturated heterocycles. The van der Waals surface area contributed by atoms with Crippen LogP contribution >= 0.6 is 0 Å². The number of hydrogen-bond acceptors (Lipinski definition) is 3. The van der Waals surface area contributed by atoms with E-state index in [1.54, 1.807) is 0 Å². The molecule has 0 spiro atoms. The van der Waals surface area contributed by atoms with Crippen LogP contribution in [0.1, 0.15) is 26.2 Å². The summed E-state index contributed by atoms with van der Waals surface area (Å²) >= 11 is 0. The molecule has 21 heavy (non-hydrogen) atoms. The number of carbonyl (C=O) groups is 1. The number of carboxylic acid groups (broad SMARTS) is 1. The Balaban J connectivity index is 2.30. The third-order valence-electron chi connectivity index (χ3n) is 3.93. The van der Waals surface area contributed by atoms with E-state index < -0.39 is 27.2 Å². The molecule has 0 radical (unpaired) electrons. The Labute approximate surface area is 123 Å². The van der Waals surface area contributed by atoms with Gasteiger partial charge in [0.25, 0.3) is 0 Å². The molecule has 1 unspecified atom stereocenters. The van der Waals surface area contributed by atoms with E-state index in [1.807, 2.05) is 6.92 Å². The molecule has 1 aromatic rings. The summed E-state index contributed by atoms with van der Waals surface area (Å²) in [4.78, 5) is 11.4. The minimum absolute atomic E-state index is 0.0605. The Kier molecular flexibility index (Phi) is 4.34. The fourth-order valence-corrected chi connectivity index (χ4v) is 4.34. The maximum absolute atomic E-state index is 13.2. The molecule has 1 atom stereocenters. The van der Waals surface area contributed by atoms with Crippen molar-refractivity contribution in [3.8, 4) is 0 Å². The highest BCUT2D eigenvalue weighted by molar-refractivity contribution is 7.89. The fourth-order valence-electron chi connectivity index (χ4n) is 2.78. The third-order valence-corrected chi connectivity index (χ3v) is 5.78. The van der Waals surface area contributed by atoms with E-state index in [-0.39, 0.29) is 24.4 Å². The zero-order chi connectivity index (χ0) is 15.7. The Morgan fingerprint density at radius 2 is 2.19 bits per heavy atom. The van der Waals surface area contributed by atoms with E-state index in [1.165, 1.54) is 18.2 Å². The van der Waals surface area contributed by atoms with Crippen LogP contribution in [0.15, 0.2) is 29.2 Å². The molecule has 0 bridgehead atoms. The zero-order valence-corrected chi connectivity index (χ0v) is 12.6. The van der Waals surface area contributed by atoms with Crippen molar-refractivity contribution in [2.75, 3.05) is 13.1 Å². The van der Waals surface area contributed by atoms with E-state index in [0.29, 0.717) is 12.8 Å². The van der Waals surface area contributed by atoms with Gasteiger partial charge in [-0.25, -0.2) is 12.8 Å². The van der Waals surface area contributed by atoms with Crippen LogP contribution in [0.3, 0.4) is 0 Å². The standard InChI is InChI=1S/C14H18FNO4S/c1-2-6-14(13(17)18)7-8-16(10-14)21(19,20)12-5-3-4-11(15)9-12/h3-5,9H,2,6-8,10H2,1H3,(H,17,18). The number of carboxylic acids is 1.